The number of nitrogens with zero attached hydrogens (tertiary/aromatic N) is 1. The molecule has 1 aromatic rings. The minimum absolute atomic E-state index is 0.172. The third-order valence-corrected chi connectivity index (χ3v) is 2.07. The first-order valence-electron chi connectivity index (χ1n) is 4.41. The second kappa shape index (κ2) is 5.68. The molecule has 0 spiro atoms. The van der Waals surface area contributed by atoms with E-state index < -0.39 is 0 Å². The standard InChI is InChI=1S/C10H12ClN3S/c1-7(13-14-10(12)15)6-8-2-4-9(11)5-3-8/h2-5H,6H2,1H3,(H3,12,14,15)/b13-7-. The number of halogens is 1. The summed E-state index contributed by atoms with van der Waals surface area (Å²) < 4.78 is 0. The van der Waals surface area contributed by atoms with Gasteiger partial charge in [-0.05, 0) is 36.8 Å². The third kappa shape index (κ3) is 4.76. The second-order valence-electron chi connectivity index (χ2n) is 3.13. The van der Waals surface area contributed by atoms with Gasteiger partial charge in [0.15, 0.2) is 5.11 Å². The Hall–Kier alpha value is -1.13. The molecule has 80 valence electrons. The van der Waals surface area contributed by atoms with E-state index in [4.69, 9.17) is 17.3 Å². The predicted octanol–water partition coefficient (Wildman–Crippen LogP) is 2.09. The van der Waals surface area contributed by atoms with Gasteiger partial charge >= 0.3 is 0 Å². The van der Waals surface area contributed by atoms with Crippen molar-refractivity contribution in [3.63, 3.8) is 0 Å². The minimum Gasteiger partial charge on any atom is -0.375 e. The zero-order valence-corrected chi connectivity index (χ0v) is 9.90. The van der Waals surface area contributed by atoms with Crippen molar-refractivity contribution in [2.24, 2.45) is 10.8 Å². The first kappa shape index (κ1) is 11.9. The maximum Gasteiger partial charge on any atom is 0.184 e. The number of hydrazone groups is 1. The van der Waals surface area contributed by atoms with Gasteiger partial charge in [-0.2, -0.15) is 5.10 Å². The van der Waals surface area contributed by atoms with Gasteiger partial charge in [0, 0.05) is 17.2 Å². The van der Waals surface area contributed by atoms with Crippen LogP contribution >= 0.6 is 23.8 Å². The van der Waals surface area contributed by atoms with Crippen molar-refractivity contribution >= 4 is 34.6 Å². The van der Waals surface area contributed by atoms with Crippen molar-refractivity contribution in [3.05, 3.63) is 34.9 Å². The number of benzene rings is 1. The fraction of sp³-hybridized carbons (Fsp3) is 0.200. The molecule has 3 nitrogen and oxygen atoms in total. The summed E-state index contributed by atoms with van der Waals surface area (Å²) in [6, 6.07) is 7.63. The van der Waals surface area contributed by atoms with E-state index in [9.17, 15) is 0 Å². The van der Waals surface area contributed by atoms with Crippen LogP contribution in [0.1, 0.15) is 12.5 Å². The number of hydrogen-bond acceptors (Lipinski definition) is 2. The molecule has 0 unspecified atom stereocenters. The summed E-state index contributed by atoms with van der Waals surface area (Å²) in [4.78, 5) is 0. The lowest BCUT2D eigenvalue weighted by Gasteiger charge is -2.02. The van der Waals surface area contributed by atoms with Gasteiger partial charge in [-0.3, -0.25) is 5.43 Å². The summed E-state index contributed by atoms with van der Waals surface area (Å²) in [6.45, 7) is 1.90. The van der Waals surface area contributed by atoms with Crippen LogP contribution in [-0.4, -0.2) is 10.8 Å². The molecule has 1 rings (SSSR count). The van der Waals surface area contributed by atoms with E-state index in [2.05, 4.69) is 22.7 Å². The maximum atomic E-state index is 5.77. The van der Waals surface area contributed by atoms with E-state index in [1.807, 2.05) is 31.2 Å². The average molecular weight is 242 g/mol. The zero-order chi connectivity index (χ0) is 11.3. The van der Waals surface area contributed by atoms with Crippen molar-refractivity contribution in [2.75, 3.05) is 0 Å². The van der Waals surface area contributed by atoms with Crippen molar-refractivity contribution in [1.29, 1.82) is 0 Å². The third-order valence-electron chi connectivity index (χ3n) is 1.73. The molecule has 0 saturated heterocycles. The molecule has 5 heteroatoms. The molecule has 0 fully saturated rings. The molecule has 0 amide bonds. The lowest BCUT2D eigenvalue weighted by Crippen LogP contribution is -2.25. The summed E-state index contributed by atoms with van der Waals surface area (Å²) in [5.41, 5.74) is 9.85. The van der Waals surface area contributed by atoms with Gasteiger partial charge in [-0.15, -0.1) is 0 Å². The first-order valence-corrected chi connectivity index (χ1v) is 5.19. The highest BCUT2D eigenvalue weighted by Crippen LogP contribution is 2.10. The molecule has 0 aromatic heterocycles. The van der Waals surface area contributed by atoms with Gasteiger partial charge in [-0.1, -0.05) is 23.7 Å². The summed E-state index contributed by atoms with van der Waals surface area (Å²) >= 11 is 10.4. The summed E-state index contributed by atoms with van der Waals surface area (Å²) in [5.74, 6) is 0. The van der Waals surface area contributed by atoms with Crippen molar-refractivity contribution < 1.29 is 0 Å². The van der Waals surface area contributed by atoms with Crippen LogP contribution in [0.5, 0.6) is 0 Å². The Bertz CT molecular complexity index is 373. The highest BCUT2D eigenvalue weighted by molar-refractivity contribution is 7.80. The van der Waals surface area contributed by atoms with E-state index >= 15 is 0 Å². The van der Waals surface area contributed by atoms with Crippen LogP contribution in [0.15, 0.2) is 29.4 Å². The number of thiocarbonyl (C=S) groups is 1. The fourth-order valence-corrected chi connectivity index (χ4v) is 1.26. The Kier molecular flexibility index (Phi) is 4.52. The van der Waals surface area contributed by atoms with E-state index in [1.165, 1.54) is 0 Å². The van der Waals surface area contributed by atoms with Crippen molar-refractivity contribution in [2.45, 2.75) is 13.3 Å². The quantitative estimate of drug-likeness (QED) is 0.484. The Balaban J connectivity index is 2.58. The molecule has 1 aromatic carbocycles. The van der Waals surface area contributed by atoms with Gasteiger partial charge in [0.2, 0.25) is 0 Å². The van der Waals surface area contributed by atoms with Crippen LogP contribution in [0.25, 0.3) is 0 Å². The van der Waals surface area contributed by atoms with E-state index in [-0.39, 0.29) is 5.11 Å². The smallest absolute Gasteiger partial charge is 0.184 e. The molecule has 0 aliphatic rings. The largest absolute Gasteiger partial charge is 0.375 e. The topological polar surface area (TPSA) is 50.4 Å². The van der Waals surface area contributed by atoms with Crippen molar-refractivity contribution in [3.8, 4) is 0 Å². The fourth-order valence-electron chi connectivity index (χ4n) is 1.09. The average Bonchev–Trinajstić information content (AvgIpc) is 2.19. The molecule has 0 radical (unpaired) electrons. The van der Waals surface area contributed by atoms with Gasteiger partial charge < -0.3 is 5.73 Å². The zero-order valence-electron chi connectivity index (χ0n) is 8.33. The monoisotopic (exact) mass is 241 g/mol. The van der Waals surface area contributed by atoms with E-state index in [0.717, 1.165) is 22.7 Å². The Labute approximate surface area is 99.3 Å². The lowest BCUT2D eigenvalue weighted by molar-refractivity contribution is 1.01. The van der Waals surface area contributed by atoms with Gasteiger partial charge in [0.1, 0.15) is 0 Å². The van der Waals surface area contributed by atoms with E-state index in [1.54, 1.807) is 0 Å². The van der Waals surface area contributed by atoms with Crippen LogP contribution in [0.2, 0.25) is 5.02 Å². The van der Waals surface area contributed by atoms with Gasteiger partial charge in [0.25, 0.3) is 0 Å². The first-order chi connectivity index (χ1) is 7.08. The molecule has 0 atom stereocenters. The molecular formula is C10H12ClN3S. The molecule has 0 aliphatic carbocycles. The molecule has 15 heavy (non-hydrogen) atoms. The highest BCUT2D eigenvalue weighted by Gasteiger charge is 1.96. The van der Waals surface area contributed by atoms with E-state index in [0.29, 0.717) is 0 Å². The molecule has 0 aliphatic heterocycles. The Morgan fingerprint density at radius 2 is 2.07 bits per heavy atom. The second-order valence-corrected chi connectivity index (χ2v) is 4.00. The lowest BCUT2D eigenvalue weighted by atomic mass is 10.1. The molecule has 0 heterocycles. The van der Waals surface area contributed by atoms with Crippen LogP contribution in [0.4, 0.5) is 0 Å². The molecule has 0 bridgehead atoms. The Morgan fingerprint density at radius 1 is 1.47 bits per heavy atom. The number of nitrogens with two attached hydrogens (primary N) is 1. The van der Waals surface area contributed by atoms with Crippen LogP contribution in [0, 0.1) is 0 Å². The molecule has 0 saturated carbocycles. The normalized spacial score (nSPS) is 11.2. The minimum atomic E-state index is 0.172. The number of hydrogen-bond donors (Lipinski definition) is 2. The molecule has 3 N–H and O–H groups in total. The highest BCUT2D eigenvalue weighted by atomic mass is 35.5. The van der Waals surface area contributed by atoms with Gasteiger partial charge in [0.05, 0.1) is 0 Å². The van der Waals surface area contributed by atoms with Gasteiger partial charge in [-0.25, -0.2) is 0 Å². The van der Waals surface area contributed by atoms with Crippen LogP contribution < -0.4 is 11.2 Å². The predicted molar refractivity (Wildman–Crippen MR) is 68.2 cm³/mol. The summed E-state index contributed by atoms with van der Waals surface area (Å²) in [5, 5.41) is 4.91. The maximum absolute atomic E-state index is 5.77. The molecular weight excluding hydrogens is 230 g/mol. The van der Waals surface area contributed by atoms with Crippen molar-refractivity contribution in [1.82, 2.24) is 5.43 Å². The summed E-state index contributed by atoms with van der Waals surface area (Å²) in [7, 11) is 0. The summed E-state index contributed by atoms with van der Waals surface area (Å²) in [6.07, 6.45) is 0.743. The number of nitrogens with one attached hydrogen (secondary N) is 1. The number of rotatable bonds is 3. The Morgan fingerprint density at radius 3 is 2.60 bits per heavy atom. The SMILES string of the molecule is C/C(Cc1ccc(Cl)cc1)=N/NC(N)=S. The van der Waals surface area contributed by atoms with Crippen LogP contribution in [0.3, 0.4) is 0 Å². The van der Waals surface area contributed by atoms with Crippen LogP contribution in [-0.2, 0) is 6.42 Å².